The molecule has 5 heterocycles. The molecule has 3 aliphatic rings. The molecule has 0 saturated carbocycles. The van der Waals surface area contributed by atoms with Crippen molar-refractivity contribution < 1.29 is 23.0 Å². The van der Waals surface area contributed by atoms with E-state index in [1.165, 1.54) is 30.5 Å². The Kier molecular flexibility index (Phi) is 6.58. The predicted octanol–water partition coefficient (Wildman–Crippen LogP) is 5.76. The molecule has 216 valence electrons. The Morgan fingerprint density at radius 2 is 1.90 bits per heavy atom. The molecule has 0 spiro atoms. The van der Waals surface area contributed by atoms with Crippen LogP contribution in [0.25, 0.3) is 32.9 Å². The first-order valence-electron chi connectivity index (χ1n) is 14.4. The molecule has 7 nitrogen and oxygen atoms in total. The van der Waals surface area contributed by atoms with Crippen molar-refractivity contribution in [3.63, 3.8) is 0 Å². The third-order valence-electron chi connectivity index (χ3n) is 9.04. The average molecular weight is 574 g/mol. The molecule has 3 fully saturated rings. The Morgan fingerprint density at radius 1 is 1.10 bits per heavy atom. The molecule has 0 aliphatic carbocycles. The highest BCUT2D eigenvalue weighted by Gasteiger charge is 2.45. The molecule has 4 aromatic rings. The molecule has 0 bridgehead atoms. The lowest BCUT2D eigenvalue weighted by Gasteiger charge is -2.32. The lowest BCUT2D eigenvalue weighted by atomic mass is 9.95. The summed E-state index contributed by atoms with van der Waals surface area (Å²) in [4.78, 5) is 17.8. The average Bonchev–Trinajstić information content (AvgIpc) is 3.57. The number of nitrogens with zero attached hydrogens (tertiary/aromatic N) is 5. The SMILES string of the molecule is C#Cc1c(F)ccc2cc(O)cc(-c3ncc4c(N5CCC[C@H](F)C5)nc(OCC56CCCN5CCC6)nc4c3F)c12. The monoisotopic (exact) mass is 573 g/mol. The Morgan fingerprint density at radius 3 is 2.67 bits per heavy atom. The van der Waals surface area contributed by atoms with Crippen LogP contribution in [0.4, 0.5) is 19.0 Å². The van der Waals surface area contributed by atoms with Crippen LogP contribution in [-0.2, 0) is 0 Å². The fourth-order valence-corrected chi connectivity index (χ4v) is 7.05. The quantitative estimate of drug-likeness (QED) is 0.305. The van der Waals surface area contributed by atoms with Crippen LogP contribution in [0, 0.1) is 24.0 Å². The Hall–Kier alpha value is -4.10. The summed E-state index contributed by atoms with van der Waals surface area (Å²) < 4.78 is 52.0. The Balaban J connectivity index is 1.39. The van der Waals surface area contributed by atoms with Gasteiger partial charge in [0.25, 0.3) is 0 Å². The van der Waals surface area contributed by atoms with Crippen LogP contribution in [0.3, 0.4) is 0 Å². The topological polar surface area (TPSA) is 74.6 Å². The molecule has 7 rings (SSSR count). The van der Waals surface area contributed by atoms with Gasteiger partial charge in [0.1, 0.15) is 41.4 Å². The third kappa shape index (κ3) is 4.38. The summed E-state index contributed by atoms with van der Waals surface area (Å²) in [5.41, 5.74) is -0.211. The van der Waals surface area contributed by atoms with Crippen LogP contribution in [0.5, 0.6) is 11.8 Å². The van der Waals surface area contributed by atoms with E-state index in [1.54, 1.807) is 4.90 Å². The maximum absolute atomic E-state index is 16.6. The molecule has 3 saturated heterocycles. The van der Waals surface area contributed by atoms with E-state index >= 15 is 4.39 Å². The van der Waals surface area contributed by atoms with E-state index in [1.807, 2.05) is 0 Å². The number of phenols is 1. The number of aromatic nitrogens is 3. The molecule has 3 aliphatic heterocycles. The van der Waals surface area contributed by atoms with Gasteiger partial charge in [-0.05, 0) is 75.2 Å². The second-order valence-corrected chi connectivity index (χ2v) is 11.6. The maximum atomic E-state index is 16.6. The summed E-state index contributed by atoms with van der Waals surface area (Å²) >= 11 is 0. The van der Waals surface area contributed by atoms with Gasteiger partial charge >= 0.3 is 6.01 Å². The second kappa shape index (κ2) is 10.3. The van der Waals surface area contributed by atoms with E-state index in [-0.39, 0.29) is 51.6 Å². The molecular weight excluding hydrogens is 543 g/mol. The minimum absolute atomic E-state index is 0.0128. The van der Waals surface area contributed by atoms with Gasteiger partial charge in [-0.1, -0.05) is 12.0 Å². The number of rotatable bonds is 5. The number of anilines is 1. The van der Waals surface area contributed by atoms with E-state index in [0.717, 1.165) is 38.8 Å². The smallest absolute Gasteiger partial charge is 0.319 e. The number of hydrogen-bond donors (Lipinski definition) is 1. The third-order valence-corrected chi connectivity index (χ3v) is 9.04. The zero-order chi connectivity index (χ0) is 29.0. The first-order valence-corrected chi connectivity index (χ1v) is 14.4. The molecule has 1 atom stereocenters. The fraction of sp³-hybridized carbons (Fsp3) is 0.406. The molecule has 0 radical (unpaired) electrons. The van der Waals surface area contributed by atoms with Crippen molar-refractivity contribution in [3.8, 4) is 35.4 Å². The highest BCUT2D eigenvalue weighted by Crippen LogP contribution is 2.41. The molecule has 1 N–H and O–H groups in total. The van der Waals surface area contributed by atoms with E-state index < -0.39 is 17.8 Å². The van der Waals surface area contributed by atoms with Gasteiger partial charge in [-0.3, -0.25) is 9.88 Å². The van der Waals surface area contributed by atoms with Crippen LogP contribution in [0.2, 0.25) is 0 Å². The number of aromatic hydroxyl groups is 1. The fourth-order valence-electron chi connectivity index (χ4n) is 7.05. The summed E-state index contributed by atoms with van der Waals surface area (Å²) in [7, 11) is 0. The van der Waals surface area contributed by atoms with E-state index in [2.05, 4.69) is 25.8 Å². The summed E-state index contributed by atoms with van der Waals surface area (Å²) in [5.74, 6) is 1.12. The zero-order valence-corrected chi connectivity index (χ0v) is 23.0. The normalized spacial score (nSPS) is 20.2. The van der Waals surface area contributed by atoms with Crippen molar-refractivity contribution >= 4 is 27.5 Å². The van der Waals surface area contributed by atoms with Crippen LogP contribution < -0.4 is 9.64 Å². The number of piperidine rings is 1. The Labute approximate surface area is 241 Å². The number of benzene rings is 2. The highest BCUT2D eigenvalue weighted by atomic mass is 19.1. The van der Waals surface area contributed by atoms with Gasteiger partial charge in [0, 0.05) is 23.7 Å². The van der Waals surface area contributed by atoms with Crippen LogP contribution in [0.1, 0.15) is 44.1 Å². The van der Waals surface area contributed by atoms with Crippen molar-refractivity contribution in [1.29, 1.82) is 0 Å². The lowest BCUT2D eigenvalue weighted by molar-refractivity contribution is 0.108. The van der Waals surface area contributed by atoms with Crippen molar-refractivity contribution in [2.24, 2.45) is 0 Å². The number of ether oxygens (including phenoxy) is 1. The van der Waals surface area contributed by atoms with Gasteiger partial charge in [-0.15, -0.1) is 6.42 Å². The highest BCUT2D eigenvalue weighted by molar-refractivity contribution is 6.03. The van der Waals surface area contributed by atoms with Crippen molar-refractivity contribution in [3.05, 3.63) is 47.7 Å². The van der Waals surface area contributed by atoms with Gasteiger partial charge in [0.2, 0.25) is 0 Å². The van der Waals surface area contributed by atoms with Gasteiger partial charge in [0.15, 0.2) is 5.82 Å². The summed E-state index contributed by atoms with van der Waals surface area (Å²) in [6, 6.07) is 5.44. The minimum Gasteiger partial charge on any atom is -0.508 e. The number of alkyl halides is 1. The summed E-state index contributed by atoms with van der Waals surface area (Å²) in [6.45, 7) is 3.11. The van der Waals surface area contributed by atoms with E-state index in [0.29, 0.717) is 42.6 Å². The standard InChI is InChI=1S/C32H30F3N5O2/c1-2-22-25(34)8-7-19-14-21(41)15-23(26(19)22)28-27(35)29-24(16-36-28)30(39-11-3-6-20(33)17-39)38-31(37-29)42-18-32-9-4-12-40(32)13-5-10-32/h1,7-8,14-16,20,41H,3-6,9-13,17-18H2/t20-/m0/s1. The van der Waals surface area contributed by atoms with Gasteiger partial charge in [-0.25, -0.2) is 13.2 Å². The number of halogens is 3. The largest absolute Gasteiger partial charge is 0.508 e. The summed E-state index contributed by atoms with van der Waals surface area (Å²) in [5, 5.41) is 11.5. The number of hydrogen-bond acceptors (Lipinski definition) is 7. The molecule has 42 heavy (non-hydrogen) atoms. The van der Waals surface area contributed by atoms with Crippen molar-refractivity contribution in [2.75, 3.05) is 37.7 Å². The molecule has 0 unspecified atom stereocenters. The first-order chi connectivity index (χ1) is 20.4. The first kappa shape index (κ1) is 26.8. The molecule has 0 amide bonds. The molecular formula is C32H30F3N5O2. The van der Waals surface area contributed by atoms with E-state index in [9.17, 15) is 13.9 Å². The predicted molar refractivity (Wildman–Crippen MR) is 154 cm³/mol. The zero-order valence-electron chi connectivity index (χ0n) is 23.0. The number of fused-ring (bicyclic) bond motifs is 3. The molecule has 10 heteroatoms. The van der Waals surface area contributed by atoms with Crippen molar-refractivity contribution in [2.45, 2.75) is 50.2 Å². The maximum Gasteiger partial charge on any atom is 0.319 e. The number of pyridine rings is 1. The van der Waals surface area contributed by atoms with E-state index in [4.69, 9.17) is 11.2 Å². The minimum atomic E-state index is -1.04. The molecule has 2 aromatic carbocycles. The number of phenolic OH excluding ortho intramolecular Hbond substituents is 1. The van der Waals surface area contributed by atoms with Crippen LogP contribution >= 0.6 is 0 Å². The van der Waals surface area contributed by atoms with Crippen LogP contribution in [-0.4, -0.2) is 69.5 Å². The van der Waals surface area contributed by atoms with Gasteiger partial charge in [0.05, 0.1) is 23.0 Å². The lowest BCUT2D eigenvalue weighted by Crippen LogP contribution is -2.43. The second-order valence-electron chi connectivity index (χ2n) is 11.6. The molecule has 2 aromatic heterocycles. The van der Waals surface area contributed by atoms with Crippen LogP contribution in [0.15, 0.2) is 30.5 Å². The summed E-state index contributed by atoms with van der Waals surface area (Å²) in [6.07, 6.45) is 11.4. The van der Waals surface area contributed by atoms with Gasteiger partial charge < -0.3 is 14.7 Å². The number of terminal acetylenes is 1. The Bertz CT molecular complexity index is 1750. The van der Waals surface area contributed by atoms with Gasteiger partial charge in [-0.2, -0.15) is 9.97 Å². The van der Waals surface area contributed by atoms with Crippen molar-refractivity contribution in [1.82, 2.24) is 19.9 Å².